The number of nitrogens with zero attached hydrogens (tertiary/aromatic N) is 5. The monoisotopic (exact) mass is 474 g/mol. The van der Waals surface area contributed by atoms with E-state index in [0.717, 1.165) is 60.6 Å². The predicted molar refractivity (Wildman–Crippen MR) is 129 cm³/mol. The zero-order chi connectivity index (χ0) is 22.3. The van der Waals surface area contributed by atoms with Crippen molar-refractivity contribution in [1.29, 1.82) is 0 Å². The van der Waals surface area contributed by atoms with Gasteiger partial charge < -0.3 is 15.1 Å². The Morgan fingerprint density at radius 3 is 2.34 bits per heavy atom. The average molecular weight is 475 g/mol. The third-order valence-corrected chi connectivity index (χ3v) is 7.84. The number of rotatable bonds is 8. The standard InChI is InChI=1S/C22H30N6O2S2/c1-2-17-5-7-18(8-6-17)23-21-24-25-22(32-21)31-16-20(30)28-13-11-26(12-14-28)15-19(29)27-9-3-4-10-27/h5-8H,2-4,9-16H2,1H3,(H,23,24). The van der Waals surface area contributed by atoms with Crippen LogP contribution < -0.4 is 5.32 Å². The van der Waals surface area contributed by atoms with Gasteiger partial charge in [-0.05, 0) is 37.0 Å². The maximum absolute atomic E-state index is 12.6. The number of carbonyl (C=O) groups is 2. The molecule has 2 aliphatic heterocycles. The van der Waals surface area contributed by atoms with E-state index in [4.69, 9.17) is 0 Å². The molecule has 2 amide bonds. The second kappa shape index (κ2) is 11.1. The van der Waals surface area contributed by atoms with E-state index < -0.39 is 0 Å². The fourth-order valence-electron chi connectivity index (χ4n) is 3.89. The number of nitrogens with one attached hydrogen (secondary N) is 1. The van der Waals surface area contributed by atoms with Crippen LogP contribution in [0.25, 0.3) is 0 Å². The molecule has 10 heteroatoms. The number of benzene rings is 1. The van der Waals surface area contributed by atoms with Crippen LogP contribution in [0.2, 0.25) is 0 Å². The summed E-state index contributed by atoms with van der Waals surface area (Å²) in [5.74, 6) is 0.687. The average Bonchev–Trinajstić information content (AvgIpc) is 3.51. The van der Waals surface area contributed by atoms with Crippen molar-refractivity contribution in [2.24, 2.45) is 0 Å². The van der Waals surface area contributed by atoms with Crippen molar-refractivity contribution in [3.05, 3.63) is 29.8 Å². The zero-order valence-corrected chi connectivity index (χ0v) is 20.1. The molecular weight excluding hydrogens is 444 g/mol. The molecule has 8 nitrogen and oxygen atoms in total. The molecule has 1 N–H and O–H groups in total. The number of hydrogen-bond acceptors (Lipinski definition) is 8. The lowest BCUT2D eigenvalue weighted by Gasteiger charge is -2.35. The summed E-state index contributed by atoms with van der Waals surface area (Å²) in [7, 11) is 0. The number of amides is 2. The van der Waals surface area contributed by atoms with E-state index in [1.165, 1.54) is 28.7 Å². The van der Waals surface area contributed by atoms with Gasteiger partial charge in [0.15, 0.2) is 4.34 Å². The summed E-state index contributed by atoms with van der Waals surface area (Å²) in [5, 5.41) is 12.4. The Bertz CT molecular complexity index is 905. The van der Waals surface area contributed by atoms with Crippen LogP contribution in [-0.2, 0) is 16.0 Å². The molecule has 0 bridgehead atoms. The molecule has 0 atom stereocenters. The van der Waals surface area contributed by atoms with Crippen LogP contribution in [-0.4, -0.2) is 88.3 Å². The fraction of sp³-hybridized carbons (Fsp3) is 0.545. The molecule has 0 aliphatic carbocycles. The van der Waals surface area contributed by atoms with Gasteiger partial charge in [0, 0.05) is 45.0 Å². The third kappa shape index (κ3) is 6.20. The highest BCUT2D eigenvalue weighted by Crippen LogP contribution is 2.28. The van der Waals surface area contributed by atoms with Gasteiger partial charge in [-0.25, -0.2) is 0 Å². The van der Waals surface area contributed by atoms with Crippen LogP contribution in [0, 0.1) is 0 Å². The molecule has 0 spiro atoms. The van der Waals surface area contributed by atoms with E-state index in [1.807, 2.05) is 21.9 Å². The maximum Gasteiger partial charge on any atom is 0.236 e. The number of piperazine rings is 1. The van der Waals surface area contributed by atoms with Gasteiger partial charge in [0.25, 0.3) is 0 Å². The Morgan fingerprint density at radius 1 is 0.969 bits per heavy atom. The minimum Gasteiger partial charge on any atom is -0.342 e. The second-order valence-corrected chi connectivity index (χ2v) is 10.3. The number of hydrogen-bond donors (Lipinski definition) is 1. The third-order valence-electron chi connectivity index (χ3n) is 5.88. The molecule has 2 aliphatic rings. The largest absolute Gasteiger partial charge is 0.342 e. The summed E-state index contributed by atoms with van der Waals surface area (Å²) in [4.78, 5) is 30.9. The summed E-state index contributed by atoms with van der Waals surface area (Å²) in [6.45, 7) is 7.23. The predicted octanol–water partition coefficient (Wildman–Crippen LogP) is 2.70. The number of likely N-dealkylation sites (tertiary alicyclic amines) is 1. The highest BCUT2D eigenvalue weighted by Gasteiger charge is 2.25. The van der Waals surface area contributed by atoms with E-state index >= 15 is 0 Å². The Hall–Kier alpha value is -2.17. The van der Waals surface area contributed by atoms with E-state index in [0.29, 0.717) is 25.4 Å². The van der Waals surface area contributed by atoms with Crippen molar-refractivity contribution in [2.45, 2.75) is 30.5 Å². The Labute approximate surface area is 197 Å². The quantitative estimate of drug-likeness (QED) is 0.589. The molecule has 1 aromatic carbocycles. The van der Waals surface area contributed by atoms with E-state index in [-0.39, 0.29) is 11.8 Å². The van der Waals surface area contributed by atoms with Crippen LogP contribution in [0.1, 0.15) is 25.3 Å². The summed E-state index contributed by atoms with van der Waals surface area (Å²) in [6, 6.07) is 8.27. The number of thioether (sulfide) groups is 1. The molecule has 4 rings (SSSR count). The minimum absolute atomic E-state index is 0.111. The van der Waals surface area contributed by atoms with Crippen molar-refractivity contribution in [3.63, 3.8) is 0 Å². The highest BCUT2D eigenvalue weighted by atomic mass is 32.2. The molecule has 172 valence electrons. The Balaban J connectivity index is 1.18. The van der Waals surface area contributed by atoms with E-state index in [9.17, 15) is 9.59 Å². The summed E-state index contributed by atoms with van der Waals surface area (Å²) >= 11 is 2.88. The molecule has 1 aromatic heterocycles. The molecule has 2 saturated heterocycles. The molecule has 2 aromatic rings. The van der Waals surface area contributed by atoms with Crippen LogP contribution >= 0.6 is 23.1 Å². The summed E-state index contributed by atoms with van der Waals surface area (Å²) < 4.78 is 0.779. The lowest BCUT2D eigenvalue weighted by atomic mass is 10.1. The smallest absolute Gasteiger partial charge is 0.236 e. The van der Waals surface area contributed by atoms with Crippen LogP contribution in [0.5, 0.6) is 0 Å². The van der Waals surface area contributed by atoms with Crippen molar-refractivity contribution in [3.8, 4) is 0 Å². The molecular formula is C22H30N6O2S2. The fourth-order valence-corrected chi connectivity index (χ4v) is 5.57. The molecule has 3 heterocycles. The molecule has 0 radical (unpaired) electrons. The van der Waals surface area contributed by atoms with Gasteiger partial charge in [-0.15, -0.1) is 10.2 Å². The zero-order valence-electron chi connectivity index (χ0n) is 18.5. The SMILES string of the molecule is CCc1ccc(Nc2nnc(SCC(=O)N3CCN(CC(=O)N4CCCC4)CC3)s2)cc1. The van der Waals surface area contributed by atoms with Crippen molar-refractivity contribution in [2.75, 3.05) is 56.9 Å². The number of aromatic nitrogens is 2. The van der Waals surface area contributed by atoms with Crippen molar-refractivity contribution >= 4 is 45.7 Å². The van der Waals surface area contributed by atoms with Gasteiger partial charge >= 0.3 is 0 Å². The Morgan fingerprint density at radius 2 is 1.66 bits per heavy atom. The molecule has 0 unspecified atom stereocenters. The van der Waals surface area contributed by atoms with Gasteiger partial charge in [-0.1, -0.05) is 42.2 Å². The molecule has 2 fully saturated rings. The second-order valence-electron chi connectivity index (χ2n) is 8.08. The first kappa shape index (κ1) is 23.0. The van der Waals surface area contributed by atoms with Crippen LogP contribution in [0.4, 0.5) is 10.8 Å². The van der Waals surface area contributed by atoms with Gasteiger partial charge in [0.05, 0.1) is 12.3 Å². The first-order valence-electron chi connectivity index (χ1n) is 11.2. The summed E-state index contributed by atoms with van der Waals surface area (Å²) in [5.41, 5.74) is 2.27. The number of carbonyl (C=O) groups excluding carboxylic acids is 2. The van der Waals surface area contributed by atoms with Crippen LogP contribution in [0.3, 0.4) is 0 Å². The van der Waals surface area contributed by atoms with Gasteiger partial charge in [0.1, 0.15) is 0 Å². The molecule has 0 saturated carbocycles. The lowest BCUT2D eigenvalue weighted by molar-refractivity contribution is -0.133. The van der Waals surface area contributed by atoms with Crippen molar-refractivity contribution < 1.29 is 9.59 Å². The molecule has 32 heavy (non-hydrogen) atoms. The normalized spacial score (nSPS) is 17.0. The van der Waals surface area contributed by atoms with Gasteiger partial charge in [-0.2, -0.15) is 0 Å². The van der Waals surface area contributed by atoms with Gasteiger partial charge in [-0.3, -0.25) is 14.5 Å². The van der Waals surface area contributed by atoms with Crippen molar-refractivity contribution in [1.82, 2.24) is 24.9 Å². The summed E-state index contributed by atoms with van der Waals surface area (Å²) in [6.07, 6.45) is 3.24. The lowest BCUT2D eigenvalue weighted by Crippen LogP contribution is -2.51. The number of anilines is 2. The highest BCUT2D eigenvalue weighted by molar-refractivity contribution is 8.01. The van der Waals surface area contributed by atoms with Crippen LogP contribution in [0.15, 0.2) is 28.6 Å². The number of aryl methyl sites for hydroxylation is 1. The minimum atomic E-state index is 0.111. The topological polar surface area (TPSA) is 81.7 Å². The first-order chi connectivity index (χ1) is 15.6. The maximum atomic E-state index is 12.6. The first-order valence-corrected chi connectivity index (χ1v) is 13.0. The van der Waals surface area contributed by atoms with Gasteiger partial charge in [0.2, 0.25) is 16.9 Å². The van der Waals surface area contributed by atoms with E-state index in [1.54, 1.807) is 0 Å². The Kier molecular flexibility index (Phi) is 7.99. The van der Waals surface area contributed by atoms with E-state index in [2.05, 4.69) is 39.5 Å².